The van der Waals surface area contributed by atoms with Crippen LogP contribution >= 0.6 is 11.3 Å². The van der Waals surface area contributed by atoms with E-state index in [2.05, 4.69) is 65.9 Å². The van der Waals surface area contributed by atoms with Gasteiger partial charge in [-0.05, 0) is 93.2 Å². The van der Waals surface area contributed by atoms with Crippen molar-refractivity contribution in [2.24, 2.45) is 0 Å². The maximum atomic E-state index is 6.54. The molecule has 0 amide bonds. The van der Waals surface area contributed by atoms with Crippen LogP contribution in [0.1, 0.15) is 48.1 Å². The second-order valence-electron chi connectivity index (χ2n) is 8.56. The third kappa shape index (κ3) is 2.54. The molecule has 1 N–H and O–H groups in total. The van der Waals surface area contributed by atoms with Gasteiger partial charge in [0.15, 0.2) is 0 Å². The second-order valence-corrected chi connectivity index (χ2v) is 9.34. The second kappa shape index (κ2) is 6.20. The zero-order valence-corrected chi connectivity index (χ0v) is 17.3. The van der Waals surface area contributed by atoms with E-state index >= 15 is 0 Å². The maximum absolute atomic E-state index is 6.54. The highest BCUT2D eigenvalue weighted by Crippen LogP contribution is 2.52. The standard InChI is InChI=1S/C23H28N2OS/c1-16-4-5-20-19(14-16)18-6-12-26-23(21(18)24-20)10-8-22(9-11-23,25(2)3)17-7-13-27-15-17/h4-5,7,13-15,24H,6,8-12H2,1-3H3. The number of benzene rings is 1. The molecule has 3 nitrogen and oxygen atoms in total. The smallest absolute Gasteiger partial charge is 0.108 e. The van der Waals surface area contributed by atoms with E-state index in [1.807, 2.05) is 0 Å². The molecule has 0 radical (unpaired) electrons. The van der Waals surface area contributed by atoms with Crippen LogP contribution in [-0.4, -0.2) is 30.6 Å². The number of fused-ring (bicyclic) bond motifs is 4. The van der Waals surface area contributed by atoms with Crippen LogP contribution in [0.25, 0.3) is 10.9 Å². The first-order chi connectivity index (χ1) is 13.0. The number of nitrogens with zero attached hydrogens (tertiary/aromatic N) is 1. The lowest BCUT2D eigenvalue weighted by atomic mass is 9.68. The summed E-state index contributed by atoms with van der Waals surface area (Å²) in [5, 5.41) is 5.94. The number of aromatic amines is 1. The summed E-state index contributed by atoms with van der Waals surface area (Å²) in [6.45, 7) is 3.02. The minimum Gasteiger partial charge on any atom is -0.368 e. The highest BCUT2D eigenvalue weighted by Gasteiger charge is 2.49. The van der Waals surface area contributed by atoms with Crippen LogP contribution in [0, 0.1) is 6.92 Å². The van der Waals surface area contributed by atoms with E-state index in [0.29, 0.717) is 0 Å². The molecule has 3 heterocycles. The van der Waals surface area contributed by atoms with Crippen molar-refractivity contribution in [1.82, 2.24) is 9.88 Å². The summed E-state index contributed by atoms with van der Waals surface area (Å²) in [5.41, 5.74) is 6.90. The summed E-state index contributed by atoms with van der Waals surface area (Å²) in [6, 6.07) is 9.07. The molecule has 142 valence electrons. The predicted molar refractivity (Wildman–Crippen MR) is 113 cm³/mol. The van der Waals surface area contributed by atoms with Gasteiger partial charge in [0.05, 0.1) is 12.3 Å². The number of hydrogen-bond acceptors (Lipinski definition) is 3. The molecule has 0 bridgehead atoms. The molecule has 3 aromatic rings. The fourth-order valence-electron chi connectivity index (χ4n) is 5.42. The summed E-state index contributed by atoms with van der Waals surface area (Å²) in [6.07, 6.45) is 5.42. The lowest BCUT2D eigenvalue weighted by Crippen LogP contribution is -2.49. The topological polar surface area (TPSA) is 28.3 Å². The SMILES string of the molecule is Cc1ccc2[nH]c3c(c2c1)CCOC31CCC(c2ccsc2)(N(C)C)CC1. The molecule has 1 saturated carbocycles. The zero-order valence-electron chi connectivity index (χ0n) is 16.5. The summed E-state index contributed by atoms with van der Waals surface area (Å²) in [7, 11) is 4.46. The van der Waals surface area contributed by atoms with Crippen molar-refractivity contribution in [3.8, 4) is 0 Å². The van der Waals surface area contributed by atoms with Crippen molar-refractivity contribution in [1.29, 1.82) is 0 Å². The molecule has 4 heteroatoms. The van der Waals surface area contributed by atoms with Crippen LogP contribution < -0.4 is 0 Å². The van der Waals surface area contributed by atoms with Crippen LogP contribution in [0.15, 0.2) is 35.0 Å². The van der Waals surface area contributed by atoms with Gasteiger partial charge < -0.3 is 9.72 Å². The average Bonchev–Trinajstić information content (AvgIpc) is 3.32. The minimum atomic E-state index is -0.143. The lowest BCUT2D eigenvalue weighted by Gasteiger charge is -2.50. The van der Waals surface area contributed by atoms with Crippen molar-refractivity contribution in [3.63, 3.8) is 0 Å². The number of nitrogens with one attached hydrogen (secondary N) is 1. The quantitative estimate of drug-likeness (QED) is 0.650. The fraction of sp³-hybridized carbons (Fsp3) is 0.478. The lowest BCUT2D eigenvalue weighted by molar-refractivity contribution is -0.113. The fourth-order valence-corrected chi connectivity index (χ4v) is 6.16. The molecule has 2 aliphatic rings. The highest BCUT2D eigenvalue weighted by atomic mass is 32.1. The predicted octanol–water partition coefficient (Wildman–Crippen LogP) is 5.34. The van der Waals surface area contributed by atoms with Gasteiger partial charge in [0.25, 0.3) is 0 Å². The summed E-state index contributed by atoms with van der Waals surface area (Å²) in [4.78, 5) is 6.19. The Kier molecular flexibility index (Phi) is 4.01. The molecule has 1 aliphatic carbocycles. The molecule has 1 fully saturated rings. The van der Waals surface area contributed by atoms with Gasteiger partial charge in [0.1, 0.15) is 5.60 Å². The number of aromatic nitrogens is 1. The molecule has 0 atom stereocenters. The third-order valence-corrected chi connectivity index (χ3v) is 7.73. The van der Waals surface area contributed by atoms with Gasteiger partial charge in [0, 0.05) is 16.4 Å². The summed E-state index contributed by atoms with van der Waals surface area (Å²) < 4.78 is 6.54. The van der Waals surface area contributed by atoms with E-state index in [0.717, 1.165) is 38.7 Å². The molecule has 0 unspecified atom stereocenters. The van der Waals surface area contributed by atoms with Crippen molar-refractivity contribution >= 4 is 22.2 Å². The summed E-state index contributed by atoms with van der Waals surface area (Å²) in [5.74, 6) is 0. The Balaban J connectivity index is 1.54. The molecule has 27 heavy (non-hydrogen) atoms. The molecule has 1 spiro atoms. The van der Waals surface area contributed by atoms with Gasteiger partial charge in [-0.3, -0.25) is 4.90 Å². The van der Waals surface area contributed by atoms with E-state index in [-0.39, 0.29) is 11.1 Å². The number of ether oxygens (including phenoxy) is 1. The monoisotopic (exact) mass is 380 g/mol. The van der Waals surface area contributed by atoms with E-state index in [4.69, 9.17) is 4.74 Å². The minimum absolute atomic E-state index is 0.134. The Morgan fingerprint density at radius 2 is 1.93 bits per heavy atom. The average molecular weight is 381 g/mol. The third-order valence-electron chi connectivity index (χ3n) is 7.05. The van der Waals surface area contributed by atoms with Crippen LogP contribution in [0.2, 0.25) is 0 Å². The van der Waals surface area contributed by atoms with Gasteiger partial charge in [-0.25, -0.2) is 0 Å². The van der Waals surface area contributed by atoms with Crippen molar-refractivity contribution in [2.75, 3.05) is 20.7 Å². The zero-order chi connectivity index (χ0) is 18.6. The Hall–Kier alpha value is -1.62. The number of rotatable bonds is 2. The van der Waals surface area contributed by atoms with Crippen molar-refractivity contribution < 1.29 is 4.74 Å². The molecular weight excluding hydrogens is 352 g/mol. The first-order valence-corrected chi connectivity index (χ1v) is 10.9. The first kappa shape index (κ1) is 17.5. The molecule has 0 saturated heterocycles. The number of H-pyrrole nitrogens is 1. The molecule has 1 aromatic carbocycles. The van der Waals surface area contributed by atoms with Crippen LogP contribution in [0.5, 0.6) is 0 Å². The number of thiophene rings is 1. The van der Waals surface area contributed by atoms with Gasteiger partial charge in [-0.15, -0.1) is 0 Å². The Bertz CT molecular complexity index is 962. The molecule has 1 aliphatic heterocycles. The van der Waals surface area contributed by atoms with E-state index in [1.165, 1.54) is 33.3 Å². The first-order valence-electron chi connectivity index (χ1n) is 10.00. The van der Waals surface area contributed by atoms with Crippen molar-refractivity contribution in [3.05, 3.63) is 57.4 Å². The maximum Gasteiger partial charge on any atom is 0.108 e. The largest absolute Gasteiger partial charge is 0.368 e. The van der Waals surface area contributed by atoms with Crippen molar-refractivity contribution in [2.45, 2.75) is 50.2 Å². The van der Waals surface area contributed by atoms with Gasteiger partial charge in [0.2, 0.25) is 0 Å². The molecular formula is C23H28N2OS. The van der Waals surface area contributed by atoms with E-state index in [1.54, 1.807) is 11.3 Å². The van der Waals surface area contributed by atoms with E-state index in [9.17, 15) is 0 Å². The van der Waals surface area contributed by atoms with Crippen LogP contribution in [-0.2, 0) is 22.3 Å². The van der Waals surface area contributed by atoms with Gasteiger partial charge in [-0.2, -0.15) is 11.3 Å². The molecule has 2 aromatic heterocycles. The Morgan fingerprint density at radius 3 is 2.63 bits per heavy atom. The van der Waals surface area contributed by atoms with E-state index < -0.39 is 0 Å². The highest BCUT2D eigenvalue weighted by molar-refractivity contribution is 7.08. The normalized spacial score (nSPS) is 28.1. The van der Waals surface area contributed by atoms with Gasteiger partial charge in [-0.1, -0.05) is 11.6 Å². The van der Waals surface area contributed by atoms with Crippen LogP contribution in [0.4, 0.5) is 0 Å². The van der Waals surface area contributed by atoms with Gasteiger partial charge >= 0.3 is 0 Å². The summed E-state index contributed by atoms with van der Waals surface area (Å²) >= 11 is 1.81. The number of aryl methyl sites for hydroxylation is 1. The Labute approximate surface area is 165 Å². The molecule has 5 rings (SSSR count). The van der Waals surface area contributed by atoms with Crippen LogP contribution in [0.3, 0.4) is 0 Å². The Morgan fingerprint density at radius 1 is 1.11 bits per heavy atom. The number of hydrogen-bond donors (Lipinski definition) is 1.